The molecule has 0 radical (unpaired) electrons. The molecule has 0 bridgehead atoms. The summed E-state index contributed by atoms with van der Waals surface area (Å²) in [7, 11) is 0. The highest BCUT2D eigenvalue weighted by atomic mass is 19.4. The summed E-state index contributed by atoms with van der Waals surface area (Å²) in [5.41, 5.74) is -2.46. The van der Waals surface area contributed by atoms with Crippen LogP contribution in [0, 0.1) is 0 Å². The van der Waals surface area contributed by atoms with Crippen molar-refractivity contribution in [1.82, 2.24) is 10.2 Å². The van der Waals surface area contributed by atoms with E-state index < -0.39 is 36.2 Å². The molecule has 0 saturated heterocycles. The molecule has 30 heavy (non-hydrogen) atoms. The third kappa shape index (κ3) is 3.72. The van der Waals surface area contributed by atoms with E-state index in [2.05, 4.69) is 15.5 Å². The predicted octanol–water partition coefficient (Wildman–Crippen LogP) is 3.58. The summed E-state index contributed by atoms with van der Waals surface area (Å²) in [6.45, 7) is -0.469. The molecule has 0 amide bonds. The Kier molecular flexibility index (Phi) is 5.15. The van der Waals surface area contributed by atoms with Crippen LogP contribution in [0.4, 0.5) is 18.9 Å². The third-order valence-corrected chi connectivity index (χ3v) is 5.48. The smallest absolute Gasteiger partial charge is 0.418 e. The normalized spacial score (nSPS) is 18.3. The van der Waals surface area contributed by atoms with Crippen LogP contribution in [0.3, 0.4) is 0 Å². The molecule has 3 aromatic rings. The van der Waals surface area contributed by atoms with E-state index in [0.29, 0.717) is 40.8 Å². The van der Waals surface area contributed by atoms with Gasteiger partial charge < -0.3 is 15.2 Å². The topological polar surface area (TPSA) is 87.2 Å². The van der Waals surface area contributed by atoms with Crippen LogP contribution in [0.1, 0.15) is 24.3 Å². The molecule has 2 heterocycles. The van der Waals surface area contributed by atoms with Crippen molar-refractivity contribution in [3.63, 3.8) is 0 Å². The van der Waals surface area contributed by atoms with E-state index in [1.54, 1.807) is 42.5 Å². The number of nitrogens with zero attached hydrogens (tertiary/aromatic N) is 1. The number of alkyl halides is 3. The number of para-hydroxylation sites is 1. The minimum atomic E-state index is -4.85. The van der Waals surface area contributed by atoms with E-state index >= 15 is 0 Å². The van der Waals surface area contributed by atoms with Crippen molar-refractivity contribution in [2.24, 2.45) is 0 Å². The molecule has 0 aliphatic carbocycles. The molecule has 1 aliphatic rings. The van der Waals surface area contributed by atoms with Crippen LogP contribution in [0.25, 0.3) is 10.8 Å². The van der Waals surface area contributed by atoms with Gasteiger partial charge >= 0.3 is 6.18 Å². The number of ether oxygens (including phenoxy) is 1. The number of fused-ring (bicyclic) bond motifs is 2. The molecule has 0 saturated carbocycles. The molecule has 9 heteroatoms. The number of aromatic amines is 1. The lowest BCUT2D eigenvalue weighted by Gasteiger charge is -2.36. The van der Waals surface area contributed by atoms with Crippen LogP contribution in [0.2, 0.25) is 0 Å². The van der Waals surface area contributed by atoms with Gasteiger partial charge in [-0.3, -0.25) is 4.79 Å². The average Bonchev–Trinajstić information content (AvgIpc) is 2.72. The Balaban J connectivity index is 1.62. The second-order valence-corrected chi connectivity index (χ2v) is 7.42. The van der Waals surface area contributed by atoms with Crippen molar-refractivity contribution in [3.05, 3.63) is 64.6 Å². The van der Waals surface area contributed by atoms with E-state index in [0.717, 1.165) is 0 Å². The van der Waals surface area contributed by atoms with Crippen molar-refractivity contribution in [2.75, 3.05) is 18.5 Å². The van der Waals surface area contributed by atoms with Gasteiger partial charge in [-0.25, -0.2) is 5.10 Å². The average molecular weight is 419 g/mol. The first-order valence-electron chi connectivity index (χ1n) is 9.50. The lowest BCUT2D eigenvalue weighted by Crippen LogP contribution is -2.51. The lowest BCUT2D eigenvalue weighted by atomic mass is 9.82. The first-order chi connectivity index (χ1) is 14.3. The number of hydrogen-bond acceptors (Lipinski definition) is 5. The molecule has 2 atom stereocenters. The number of H-pyrrole nitrogens is 1. The van der Waals surface area contributed by atoms with E-state index in [1.165, 1.54) is 6.20 Å². The van der Waals surface area contributed by atoms with Gasteiger partial charge in [0, 0.05) is 11.1 Å². The van der Waals surface area contributed by atoms with Gasteiger partial charge in [0.2, 0.25) is 0 Å². The van der Waals surface area contributed by atoms with E-state index in [4.69, 9.17) is 4.74 Å². The largest absolute Gasteiger partial charge is 0.493 e. The van der Waals surface area contributed by atoms with Crippen LogP contribution < -0.4 is 15.6 Å². The van der Waals surface area contributed by atoms with Gasteiger partial charge in [-0.15, -0.1) is 0 Å². The van der Waals surface area contributed by atoms with Crippen LogP contribution in [0.15, 0.2) is 53.5 Å². The maximum absolute atomic E-state index is 13.9. The van der Waals surface area contributed by atoms with Gasteiger partial charge in [0.25, 0.3) is 5.56 Å². The first kappa shape index (κ1) is 20.2. The van der Waals surface area contributed by atoms with E-state index in [1.807, 2.05) is 0 Å². The predicted molar refractivity (Wildman–Crippen MR) is 106 cm³/mol. The maximum atomic E-state index is 13.9. The Morgan fingerprint density at radius 3 is 2.77 bits per heavy atom. The van der Waals surface area contributed by atoms with Gasteiger partial charge in [-0.1, -0.05) is 24.3 Å². The molecule has 0 fully saturated rings. The van der Waals surface area contributed by atoms with Gasteiger partial charge in [0.1, 0.15) is 5.75 Å². The van der Waals surface area contributed by atoms with Crippen molar-refractivity contribution < 1.29 is 23.0 Å². The second kappa shape index (κ2) is 7.64. The minimum absolute atomic E-state index is 0.292. The summed E-state index contributed by atoms with van der Waals surface area (Å²) in [5, 5.41) is 20.1. The standard InChI is InChI=1S/C21H20F3N3O3/c22-21(23,24)20(29,10-13-8-9-30-18-7-2-1-4-14(13)18)12-25-17-6-3-5-15-16(17)11-26-27-19(15)28/h1-7,11,13,25,29H,8-10,12H2,(H,27,28). The van der Waals surface area contributed by atoms with Crippen LogP contribution in [0.5, 0.6) is 5.75 Å². The Morgan fingerprint density at radius 1 is 1.17 bits per heavy atom. The number of benzene rings is 2. The van der Waals surface area contributed by atoms with Crippen molar-refractivity contribution >= 4 is 16.5 Å². The molecule has 4 rings (SSSR count). The van der Waals surface area contributed by atoms with E-state index in [9.17, 15) is 23.1 Å². The summed E-state index contributed by atoms with van der Waals surface area (Å²) in [6, 6.07) is 11.6. The Hall–Kier alpha value is -3.07. The molecular weight excluding hydrogens is 399 g/mol. The second-order valence-electron chi connectivity index (χ2n) is 7.42. The molecule has 3 N–H and O–H groups in total. The van der Waals surface area contributed by atoms with Crippen molar-refractivity contribution in [3.8, 4) is 5.75 Å². The number of aliphatic hydroxyl groups is 1. The SMILES string of the molecule is O=c1[nH]ncc2c(NCC(O)(CC3CCOc4ccccc43)C(F)(F)F)cccc12. The fraction of sp³-hybridized carbons (Fsp3) is 0.333. The van der Waals surface area contributed by atoms with Crippen molar-refractivity contribution in [1.29, 1.82) is 0 Å². The zero-order valence-electron chi connectivity index (χ0n) is 15.9. The van der Waals surface area contributed by atoms with Gasteiger partial charge in [-0.2, -0.15) is 18.3 Å². The summed E-state index contributed by atoms with van der Waals surface area (Å²) in [6.07, 6.45) is -3.62. The Bertz CT molecular complexity index is 1120. The number of aromatic nitrogens is 2. The molecule has 6 nitrogen and oxygen atoms in total. The number of rotatable bonds is 5. The zero-order valence-corrected chi connectivity index (χ0v) is 15.9. The van der Waals surface area contributed by atoms with Crippen LogP contribution in [-0.2, 0) is 0 Å². The molecule has 1 aromatic heterocycles. The molecule has 2 unspecified atom stereocenters. The number of hydrogen-bond donors (Lipinski definition) is 3. The van der Waals surface area contributed by atoms with Gasteiger partial charge in [0.05, 0.1) is 24.7 Å². The minimum Gasteiger partial charge on any atom is -0.493 e. The number of halogens is 3. The Labute approximate surface area is 169 Å². The monoisotopic (exact) mass is 419 g/mol. The van der Waals surface area contributed by atoms with Crippen LogP contribution in [-0.4, -0.2) is 40.2 Å². The highest BCUT2D eigenvalue weighted by Crippen LogP contribution is 2.43. The van der Waals surface area contributed by atoms with Gasteiger partial charge in [-0.05, 0) is 42.5 Å². The van der Waals surface area contributed by atoms with E-state index in [-0.39, 0.29) is 0 Å². The summed E-state index contributed by atoms with van der Waals surface area (Å²) in [4.78, 5) is 11.9. The lowest BCUT2D eigenvalue weighted by molar-refractivity contribution is -0.258. The molecule has 2 aromatic carbocycles. The molecule has 158 valence electrons. The molecular formula is C21H20F3N3O3. The third-order valence-electron chi connectivity index (χ3n) is 5.48. The molecule has 0 spiro atoms. The Morgan fingerprint density at radius 2 is 1.97 bits per heavy atom. The first-order valence-corrected chi connectivity index (χ1v) is 9.50. The van der Waals surface area contributed by atoms with Crippen LogP contribution >= 0.6 is 0 Å². The number of nitrogens with one attached hydrogen (secondary N) is 2. The fourth-order valence-corrected chi connectivity index (χ4v) is 3.84. The quantitative estimate of drug-likeness (QED) is 0.589. The zero-order chi connectivity index (χ0) is 21.4. The van der Waals surface area contributed by atoms with Crippen molar-refractivity contribution in [2.45, 2.75) is 30.5 Å². The highest BCUT2D eigenvalue weighted by Gasteiger charge is 2.54. The highest BCUT2D eigenvalue weighted by molar-refractivity contribution is 5.92. The van der Waals surface area contributed by atoms with Gasteiger partial charge in [0.15, 0.2) is 5.60 Å². The summed E-state index contributed by atoms with van der Waals surface area (Å²) >= 11 is 0. The fourth-order valence-electron chi connectivity index (χ4n) is 3.84. The summed E-state index contributed by atoms with van der Waals surface area (Å²) in [5.74, 6) is 0.0472. The number of anilines is 1. The summed E-state index contributed by atoms with van der Waals surface area (Å²) < 4.78 is 47.3. The maximum Gasteiger partial charge on any atom is 0.418 e. The molecule has 1 aliphatic heterocycles.